The average molecular weight is 296 g/mol. The SMILES string of the molecule is CC(C)(C)c1ccc(NC(=O)NCCc2ccccc2)cc1. The van der Waals surface area contributed by atoms with E-state index in [1.165, 1.54) is 11.1 Å². The number of hydrogen-bond donors (Lipinski definition) is 2. The summed E-state index contributed by atoms with van der Waals surface area (Å²) in [6.45, 7) is 7.14. The molecule has 3 heteroatoms. The van der Waals surface area contributed by atoms with E-state index >= 15 is 0 Å². The number of hydrogen-bond acceptors (Lipinski definition) is 1. The van der Waals surface area contributed by atoms with E-state index < -0.39 is 0 Å². The van der Waals surface area contributed by atoms with Gasteiger partial charge in [0.15, 0.2) is 0 Å². The molecule has 2 aromatic rings. The van der Waals surface area contributed by atoms with Gasteiger partial charge in [-0.1, -0.05) is 63.2 Å². The quantitative estimate of drug-likeness (QED) is 0.865. The fourth-order valence-electron chi connectivity index (χ4n) is 2.19. The van der Waals surface area contributed by atoms with Crippen LogP contribution in [0, 0.1) is 0 Å². The van der Waals surface area contributed by atoms with Gasteiger partial charge in [0.25, 0.3) is 0 Å². The minimum Gasteiger partial charge on any atom is -0.338 e. The normalized spacial score (nSPS) is 11.0. The fraction of sp³-hybridized carbons (Fsp3) is 0.316. The first-order chi connectivity index (χ1) is 10.4. The Morgan fingerprint density at radius 1 is 0.955 bits per heavy atom. The maximum Gasteiger partial charge on any atom is 0.319 e. The summed E-state index contributed by atoms with van der Waals surface area (Å²) in [6.07, 6.45) is 0.831. The lowest BCUT2D eigenvalue weighted by atomic mass is 9.87. The number of benzene rings is 2. The van der Waals surface area contributed by atoms with Crippen molar-refractivity contribution in [3.8, 4) is 0 Å². The Hall–Kier alpha value is -2.29. The van der Waals surface area contributed by atoms with Gasteiger partial charge in [0.05, 0.1) is 0 Å². The zero-order valence-corrected chi connectivity index (χ0v) is 13.5. The maximum absolute atomic E-state index is 11.9. The van der Waals surface area contributed by atoms with E-state index in [2.05, 4.69) is 55.7 Å². The molecule has 0 aliphatic rings. The summed E-state index contributed by atoms with van der Waals surface area (Å²) in [4.78, 5) is 11.9. The molecule has 0 radical (unpaired) electrons. The van der Waals surface area contributed by atoms with Gasteiger partial charge < -0.3 is 10.6 Å². The van der Waals surface area contributed by atoms with Crippen LogP contribution < -0.4 is 10.6 Å². The molecule has 0 bridgehead atoms. The minimum absolute atomic E-state index is 0.122. The van der Waals surface area contributed by atoms with Crippen molar-refractivity contribution in [2.24, 2.45) is 0 Å². The minimum atomic E-state index is -0.167. The topological polar surface area (TPSA) is 41.1 Å². The highest BCUT2D eigenvalue weighted by atomic mass is 16.2. The molecule has 2 amide bonds. The van der Waals surface area contributed by atoms with Crippen LogP contribution in [0.5, 0.6) is 0 Å². The van der Waals surface area contributed by atoms with Gasteiger partial charge in [0.2, 0.25) is 0 Å². The van der Waals surface area contributed by atoms with E-state index in [1.807, 2.05) is 30.3 Å². The first-order valence-electron chi connectivity index (χ1n) is 7.64. The summed E-state index contributed by atoms with van der Waals surface area (Å²) < 4.78 is 0. The summed E-state index contributed by atoms with van der Waals surface area (Å²) in [5.74, 6) is 0. The van der Waals surface area contributed by atoms with Crippen molar-refractivity contribution >= 4 is 11.7 Å². The summed E-state index contributed by atoms with van der Waals surface area (Å²) in [5, 5.41) is 5.73. The Balaban J connectivity index is 1.79. The zero-order chi connectivity index (χ0) is 16.0. The van der Waals surface area contributed by atoms with E-state index in [9.17, 15) is 4.79 Å². The molecule has 3 nitrogen and oxygen atoms in total. The molecule has 0 aliphatic carbocycles. The number of anilines is 1. The first kappa shape index (κ1) is 16.1. The molecule has 2 N–H and O–H groups in total. The van der Waals surface area contributed by atoms with Gasteiger partial charge in [0.1, 0.15) is 0 Å². The monoisotopic (exact) mass is 296 g/mol. The van der Waals surface area contributed by atoms with Gasteiger partial charge >= 0.3 is 6.03 Å². The van der Waals surface area contributed by atoms with Crippen LogP contribution in [-0.2, 0) is 11.8 Å². The molecular weight excluding hydrogens is 272 g/mol. The fourth-order valence-corrected chi connectivity index (χ4v) is 2.19. The third-order valence-corrected chi connectivity index (χ3v) is 3.55. The second-order valence-electron chi connectivity index (χ2n) is 6.44. The van der Waals surface area contributed by atoms with Crippen LogP contribution >= 0.6 is 0 Å². The zero-order valence-electron chi connectivity index (χ0n) is 13.5. The van der Waals surface area contributed by atoms with Crippen LogP contribution in [0.4, 0.5) is 10.5 Å². The molecule has 0 aliphatic heterocycles. The van der Waals surface area contributed by atoms with Gasteiger partial charge in [-0.3, -0.25) is 0 Å². The molecule has 2 rings (SSSR count). The molecule has 0 fully saturated rings. The maximum atomic E-state index is 11.9. The molecule has 0 heterocycles. The van der Waals surface area contributed by atoms with Crippen LogP contribution in [0.3, 0.4) is 0 Å². The van der Waals surface area contributed by atoms with Crippen molar-refractivity contribution < 1.29 is 4.79 Å². The van der Waals surface area contributed by atoms with Gasteiger partial charge in [-0.2, -0.15) is 0 Å². The van der Waals surface area contributed by atoms with Crippen molar-refractivity contribution in [3.63, 3.8) is 0 Å². The Morgan fingerprint density at radius 2 is 1.59 bits per heavy atom. The Morgan fingerprint density at radius 3 is 2.18 bits per heavy atom. The van der Waals surface area contributed by atoms with Crippen LogP contribution in [0.1, 0.15) is 31.9 Å². The van der Waals surface area contributed by atoms with Crippen molar-refractivity contribution in [3.05, 3.63) is 65.7 Å². The third-order valence-electron chi connectivity index (χ3n) is 3.55. The Kier molecular flexibility index (Phi) is 5.21. The first-order valence-corrected chi connectivity index (χ1v) is 7.64. The molecule has 116 valence electrons. The lowest BCUT2D eigenvalue weighted by molar-refractivity contribution is 0.252. The molecule has 0 unspecified atom stereocenters. The lowest BCUT2D eigenvalue weighted by Crippen LogP contribution is -2.30. The summed E-state index contributed by atoms with van der Waals surface area (Å²) in [5.41, 5.74) is 3.40. The molecule has 0 aromatic heterocycles. The van der Waals surface area contributed by atoms with Crippen LogP contribution in [-0.4, -0.2) is 12.6 Å². The number of rotatable bonds is 4. The highest BCUT2D eigenvalue weighted by molar-refractivity contribution is 5.89. The van der Waals surface area contributed by atoms with Crippen molar-refractivity contribution in [1.82, 2.24) is 5.32 Å². The molecule has 0 spiro atoms. The molecular formula is C19H24N2O. The molecule has 22 heavy (non-hydrogen) atoms. The largest absolute Gasteiger partial charge is 0.338 e. The van der Waals surface area contributed by atoms with Gasteiger partial charge in [0, 0.05) is 12.2 Å². The Bertz CT molecular complexity index is 598. The number of amides is 2. The average Bonchev–Trinajstić information content (AvgIpc) is 2.48. The number of carbonyl (C=O) groups excluding carboxylic acids is 1. The lowest BCUT2D eigenvalue weighted by Gasteiger charge is -2.19. The number of urea groups is 1. The van der Waals surface area contributed by atoms with Crippen molar-refractivity contribution in [1.29, 1.82) is 0 Å². The van der Waals surface area contributed by atoms with Crippen LogP contribution in [0.2, 0.25) is 0 Å². The predicted molar refractivity (Wildman–Crippen MR) is 92.3 cm³/mol. The second kappa shape index (κ2) is 7.12. The second-order valence-corrected chi connectivity index (χ2v) is 6.44. The van der Waals surface area contributed by atoms with E-state index in [1.54, 1.807) is 0 Å². The third kappa shape index (κ3) is 4.92. The highest BCUT2D eigenvalue weighted by Crippen LogP contribution is 2.23. The smallest absolute Gasteiger partial charge is 0.319 e. The van der Waals surface area contributed by atoms with Crippen LogP contribution in [0.25, 0.3) is 0 Å². The number of nitrogens with one attached hydrogen (secondary N) is 2. The van der Waals surface area contributed by atoms with Gasteiger partial charge in [-0.25, -0.2) is 4.79 Å². The van der Waals surface area contributed by atoms with E-state index in [0.29, 0.717) is 6.54 Å². The standard InChI is InChI=1S/C19H24N2O/c1-19(2,3)16-9-11-17(12-10-16)21-18(22)20-14-13-15-7-5-4-6-8-15/h4-12H,13-14H2,1-3H3,(H2,20,21,22). The summed E-state index contributed by atoms with van der Waals surface area (Å²) in [7, 11) is 0. The van der Waals surface area contributed by atoms with Gasteiger partial charge in [-0.05, 0) is 35.1 Å². The predicted octanol–water partition coefficient (Wildman–Crippen LogP) is 4.35. The molecule has 0 atom stereocenters. The Labute approximate surface area is 132 Å². The van der Waals surface area contributed by atoms with Crippen molar-refractivity contribution in [2.75, 3.05) is 11.9 Å². The summed E-state index contributed by atoms with van der Waals surface area (Å²) >= 11 is 0. The van der Waals surface area contributed by atoms with E-state index in [0.717, 1.165) is 12.1 Å². The van der Waals surface area contributed by atoms with Crippen LogP contribution in [0.15, 0.2) is 54.6 Å². The molecule has 0 saturated carbocycles. The number of carbonyl (C=O) groups is 1. The summed E-state index contributed by atoms with van der Waals surface area (Å²) in [6, 6.07) is 18.0. The highest BCUT2D eigenvalue weighted by Gasteiger charge is 2.13. The van der Waals surface area contributed by atoms with E-state index in [-0.39, 0.29) is 11.4 Å². The van der Waals surface area contributed by atoms with Gasteiger partial charge in [-0.15, -0.1) is 0 Å². The molecule has 2 aromatic carbocycles. The van der Waals surface area contributed by atoms with E-state index in [4.69, 9.17) is 0 Å². The molecule has 0 saturated heterocycles. The van der Waals surface area contributed by atoms with Crippen molar-refractivity contribution in [2.45, 2.75) is 32.6 Å².